The molecular formula is C13H22O2. The van der Waals surface area contributed by atoms with E-state index < -0.39 is 0 Å². The van der Waals surface area contributed by atoms with E-state index >= 15 is 0 Å². The minimum atomic E-state index is -0.334. The molecule has 15 heavy (non-hydrogen) atoms. The molecule has 0 aromatic carbocycles. The van der Waals surface area contributed by atoms with E-state index in [0.717, 1.165) is 0 Å². The molecule has 0 N–H and O–H groups in total. The molecule has 86 valence electrons. The van der Waals surface area contributed by atoms with E-state index in [9.17, 15) is 4.79 Å². The largest absolute Gasteiger partial charge is 0.460 e. The van der Waals surface area contributed by atoms with Crippen LogP contribution in [0.5, 0.6) is 0 Å². The summed E-state index contributed by atoms with van der Waals surface area (Å²) in [7, 11) is 0. The molecule has 0 spiro atoms. The molecule has 2 rings (SSSR count). The maximum absolute atomic E-state index is 12.0. The quantitative estimate of drug-likeness (QED) is 0.621. The minimum Gasteiger partial charge on any atom is -0.460 e. The zero-order chi connectivity index (χ0) is 11.3. The second-order valence-electron chi connectivity index (χ2n) is 6.37. The molecule has 2 nitrogen and oxygen atoms in total. The Bertz CT molecular complexity index is 277. The fourth-order valence-corrected chi connectivity index (χ4v) is 3.17. The van der Waals surface area contributed by atoms with Crippen LogP contribution in [-0.2, 0) is 9.53 Å². The highest BCUT2D eigenvalue weighted by Crippen LogP contribution is 2.66. The molecule has 2 heteroatoms. The lowest BCUT2D eigenvalue weighted by Crippen LogP contribution is -2.26. The van der Waals surface area contributed by atoms with E-state index in [-0.39, 0.29) is 22.9 Å². The molecule has 2 aliphatic rings. The van der Waals surface area contributed by atoms with Crippen LogP contribution in [0.15, 0.2) is 0 Å². The van der Waals surface area contributed by atoms with Crippen molar-refractivity contribution >= 4 is 5.97 Å². The van der Waals surface area contributed by atoms with Gasteiger partial charge in [-0.1, -0.05) is 19.8 Å². The maximum Gasteiger partial charge on any atom is 0.310 e. The van der Waals surface area contributed by atoms with Crippen molar-refractivity contribution in [2.24, 2.45) is 17.3 Å². The average molecular weight is 210 g/mol. The third-order valence-electron chi connectivity index (χ3n) is 3.99. The van der Waals surface area contributed by atoms with Gasteiger partial charge in [-0.05, 0) is 44.9 Å². The Labute approximate surface area is 92.4 Å². The summed E-state index contributed by atoms with van der Waals surface area (Å²) in [5, 5.41) is 0. The van der Waals surface area contributed by atoms with E-state index in [2.05, 4.69) is 6.92 Å². The summed E-state index contributed by atoms with van der Waals surface area (Å²) in [4.78, 5) is 12.0. The first-order valence-electron chi connectivity index (χ1n) is 6.07. The smallest absolute Gasteiger partial charge is 0.310 e. The van der Waals surface area contributed by atoms with Crippen LogP contribution in [0.4, 0.5) is 0 Å². The van der Waals surface area contributed by atoms with Gasteiger partial charge in [-0.15, -0.1) is 0 Å². The first kappa shape index (κ1) is 11.0. The minimum absolute atomic E-state index is 0.0388. The number of hydrogen-bond donors (Lipinski definition) is 0. The SMILES string of the molecule is CC(C)(C)OC(=O)[C@H]1[C@@H]2CCCC[C@@]21C. The van der Waals surface area contributed by atoms with Gasteiger partial charge in [0.25, 0.3) is 0 Å². The Kier molecular flexibility index (Phi) is 2.36. The van der Waals surface area contributed by atoms with Crippen molar-refractivity contribution in [2.75, 3.05) is 0 Å². The van der Waals surface area contributed by atoms with Crippen LogP contribution in [0, 0.1) is 17.3 Å². The molecule has 2 saturated carbocycles. The van der Waals surface area contributed by atoms with Gasteiger partial charge in [-0.3, -0.25) is 4.79 Å². The summed E-state index contributed by atoms with van der Waals surface area (Å²) < 4.78 is 5.48. The van der Waals surface area contributed by atoms with Gasteiger partial charge in [0, 0.05) is 0 Å². The number of rotatable bonds is 1. The van der Waals surface area contributed by atoms with Crippen molar-refractivity contribution in [1.29, 1.82) is 0 Å². The molecule has 0 aliphatic heterocycles. The van der Waals surface area contributed by atoms with Crippen molar-refractivity contribution in [3.05, 3.63) is 0 Å². The molecule has 0 unspecified atom stereocenters. The highest BCUT2D eigenvalue weighted by molar-refractivity contribution is 5.78. The number of carbonyl (C=O) groups excluding carboxylic acids is 1. The fraction of sp³-hybridized carbons (Fsp3) is 0.923. The van der Waals surface area contributed by atoms with E-state index in [4.69, 9.17) is 4.74 Å². The van der Waals surface area contributed by atoms with Crippen LogP contribution in [0.2, 0.25) is 0 Å². The van der Waals surface area contributed by atoms with Crippen LogP contribution in [0.25, 0.3) is 0 Å². The zero-order valence-electron chi connectivity index (χ0n) is 10.3. The van der Waals surface area contributed by atoms with Crippen LogP contribution in [-0.4, -0.2) is 11.6 Å². The van der Waals surface area contributed by atoms with E-state index in [1.54, 1.807) is 0 Å². The van der Waals surface area contributed by atoms with Crippen molar-refractivity contribution in [3.63, 3.8) is 0 Å². The highest BCUT2D eigenvalue weighted by Gasteiger charge is 2.65. The molecule has 0 aromatic rings. The zero-order valence-corrected chi connectivity index (χ0v) is 10.3. The van der Waals surface area contributed by atoms with Crippen molar-refractivity contribution in [2.45, 2.75) is 59.0 Å². The Morgan fingerprint density at radius 3 is 2.47 bits per heavy atom. The molecule has 0 heterocycles. The summed E-state index contributed by atoms with van der Waals surface area (Å²) >= 11 is 0. The standard InChI is InChI=1S/C13H22O2/c1-12(2,3)15-11(14)10-9-7-5-6-8-13(9,10)4/h9-10H,5-8H2,1-4H3/t9-,10+,13-/m0/s1. The van der Waals surface area contributed by atoms with Gasteiger partial charge in [0.1, 0.15) is 5.60 Å². The maximum atomic E-state index is 12.0. The monoisotopic (exact) mass is 210 g/mol. The summed E-state index contributed by atoms with van der Waals surface area (Å²) in [6.07, 6.45) is 5.01. The number of esters is 1. The molecule has 0 bridgehead atoms. The lowest BCUT2D eigenvalue weighted by atomic mass is 9.90. The number of carbonyl (C=O) groups is 1. The Morgan fingerprint density at radius 2 is 2.00 bits per heavy atom. The lowest BCUT2D eigenvalue weighted by molar-refractivity contribution is -0.157. The summed E-state index contributed by atoms with van der Waals surface area (Å²) in [5.74, 6) is 0.845. The third kappa shape index (κ3) is 1.91. The third-order valence-corrected chi connectivity index (χ3v) is 3.99. The van der Waals surface area contributed by atoms with Crippen LogP contribution in [0.3, 0.4) is 0 Å². The van der Waals surface area contributed by atoms with Gasteiger partial charge >= 0.3 is 5.97 Å². The highest BCUT2D eigenvalue weighted by atomic mass is 16.6. The van der Waals surface area contributed by atoms with Gasteiger partial charge < -0.3 is 4.74 Å². The number of hydrogen-bond acceptors (Lipinski definition) is 2. The van der Waals surface area contributed by atoms with Crippen LogP contribution in [0.1, 0.15) is 53.4 Å². The van der Waals surface area contributed by atoms with Crippen molar-refractivity contribution in [1.82, 2.24) is 0 Å². The normalized spacial score (nSPS) is 39.5. The van der Waals surface area contributed by atoms with Gasteiger partial charge in [-0.25, -0.2) is 0 Å². The van der Waals surface area contributed by atoms with E-state index in [1.165, 1.54) is 25.7 Å². The molecule has 0 saturated heterocycles. The van der Waals surface area contributed by atoms with Gasteiger partial charge in [0.15, 0.2) is 0 Å². The molecule has 0 aromatic heterocycles. The fourth-order valence-electron chi connectivity index (χ4n) is 3.17. The molecule has 3 atom stereocenters. The number of ether oxygens (including phenoxy) is 1. The van der Waals surface area contributed by atoms with Crippen LogP contribution < -0.4 is 0 Å². The summed E-state index contributed by atoms with van der Waals surface area (Å²) in [6.45, 7) is 8.09. The first-order valence-corrected chi connectivity index (χ1v) is 6.07. The summed E-state index contributed by atoms with van der Waals surface area (Å²) in [6, 6.07) is 0. The summed E-state index contributed by atoms with van der Waals surface area (Å²) in [5.41, 5.74) is -0.0558. The van der Waals surface area contributed by atoms with Crippen molar-refractivity contribution < 1.29 is 9.53 Å². The first-order chi connectivity index (χ1) is 6.84. The second-order valence-corrected chi connectivity index (χ2v) is 6.37. The van der Waals surface area contributed by atoms with Gasteiger partial charge in [0.05, 0.1) is 5.92 Å². The average Bonchev–Trinajstić information content (AvgIpc) is 2.67. The van der Waals surface area contributed by atoms with Crippen molar-refractivity contribution in [3.8, 4) is 0 Å². The predicted molar refractivity (Wildman–Crippen MR) is 59.4 cm³/mol. The number of fused-ring (bicyclic) bond motifs is 1. The topological polar surface area (TPSA) is 26.3 Å². The van der Waals surface area contributed by atoms with Gasteiger partial charge in [-0.2, -0.15) is 0 Å². The van der Waals surface area contributed by atoms with Crippen LogP contribution >= 0.6 is 0 Å². The Morgan fingerprint density at radius 1 is 1.33 bits per heavy atom. The predicted octanol–water partition coefficient (Wildman–Crippen LogP) is 3.15. The van der Waals surface area contributed by atoms with Gasteiger partial charge in [0.2, 0.25) is 0 Å². The molecule has 2 fully saturated rings. The van der Waals surface area contributed by atoms with E-state index in [0.29, 0.717) is 5.92 Å². The molecule has 0 radical (unpaired) electrons. The Hall–Kier alpha value is -0.530. The van der Waals surface area contributed by atoms with E-state index in [1.807, 2.05) is 20.8 Å². The lowest BCUT2D eigenvalue weighted by Gasteiger charge is -2.20. The molecule has 2 aliphatic carbocycles. The Balaban J connectivity index is 1.99. The second kappa shape index (κ2) is 3.23. The molecular weight excluding hydrogens is 188 g/mol. The molecule has 0 amide bonds.